The molecular formula is C12H19N3OS2. The van der Waals surface area contributed by atoms with Crippen molar-refractivity contribution in [1.29, 1.82) is 0 Å². The molecule has 2 saturated heterocycles. The summed E-state index contributed by atoms with van der Waals surface area (Å²) in [6.07, 6.45) is 3.48. The molecule has 2 fully saturated rings. The third kappa shape index (κ3) is 3.22. The van der Waals surface area contributed by atoms with E-state index in [4.69, 9.17) is 4.52 Å². The monoisotopic (exact) mass is 285 g/mol. The normalized spacial score (nSPS) is 29.3. The molecule has 0 spiro atoms. The molecule has 3 rings (SSSR count). The second-order valence-electron chi connectivity index (χ2n) is 4.90. The highest BCUT2D eigenvalue weighted by atomic mass is 32.2. The van der Waals surface area contributed by atoms with Crippen LogP contribution >= 0.6 is 23.5 Å². The summed E-state index contributed by atoms with van der Waals surface area (Å²) in [7, 11) is 0. The first-order valence-electron chi connectivity index (χ1n) is 6.64. The summed E-state index contributed by atoms with van der Waals surface area (Å²) in [4.78, 5) is 4.59. The van der Waals surface area contributed by atoms with Crippen molar-refractivity contribution >= 4 is 23.5 Å². The van der Waals surface area contributed by atoms with Crippen molar-refractivity contribution in [3.05, 3.63) is 11.7 Å². The molecule has 1 aromatic heterocycles. The third-order valence-corrected chi connectivity index (χ3v) is 6.20. The molecule has 18 heavy (non-hydrogen) atoms. The maximum absolute atomic E-state index is 5.41. The lowest BCUT2D eigenvalue weighted by molar-refractivity contribution is 0.314. The fourth-order valence-electron chi connectivity index (χ4n) is 2.46. The summed E-state index contributed by atoms with van der Waals surface area (Å²) in [5, 5.41) is 8.03. The van der Waals surface area contributed by atoms with Gasteiger partial charge in [0.1, 0.15) is 0 Å². The fraction of sp³-hybridized carbons (Fsp3) is 0.833. The third-order valence-electron chi connectivity index (χ3n) is 3.45. The first-order chi connectivity index (χ1) is 8.92. The Balaban J connectivity index is 1.58. The molecular weight excluding hydrogens is 266 g/mol. The van der Waals surface area contributed by atoms with Crippen LogP contribution in [0.1, 0.15) is 29.8 Å². The zero-order chi connectivity index (χ0) is 12.2. The molecule has 1 aromatic rings. The highest BCUT2D eigenvalue weighted by Gasteiger charge is 2.23. The molecule has 2 aliphatic rings. The molecule has 2 unspecified atom stereocenters. The van der Waals surface area contributed by atoms with E-state index in [1.165, 1.54) is 24.3 Å². The van der Waals surface area contributed by atoms with Gasteiger partial charge in [-0.1, -0.05) is 5.16 Å². The van der Waals surface area contributed by atoms with E-state index in [0.29, 0.717) is 11.2 Å². The van der Waals surface area contributed by atoms with Gasteiger partial charge in [-0.2, -0.15) is 16.7 Å². The summed E-state index contributed by atoms with van der Waals surface area (Å²) in [5.74, 6) is 5.97. The van der Waals surface area contributed by atoms with Crippen LogP contribution in [0.15, 0.2) is 4.52 Å². The second-order valence-corrected chi connectivity index (χ2v) is 7.36. The number of hydrogen-bond donors (Lipinski definition) is 1. The number of nitrogens with zero attached hydrogens (tertiary/aromatic N) is 2. The molecule has 4 nitrogen and oxygen atoms in total. The summed E-state index contributed by atoms with van der Waals surface area (Å²) in [6.45, 7) is 2.24. The van der Waals surface area contributed by atoms with E-state index < -0.39 is 0 Å². The quantitative estimate of drug-likeness (QED) is 0.918. The van der Waals surface area contributed by atoms with Crippen LogP contribution in [0.3, 0.4) is 0 Å². The van der Waals surface area contributed by atoms with E-state index in [9.17, 15) is 0 Å². The van der Waals surface area contributed by atoms with Crippen molar-refractivity contribution in [2.24, 2.45) is 5.92 Å². The topological polar surface area (TPSA) is 51.0 Å². The number of piperidine rings is 1. The average Bonchev–Trinajstić information content (AvgIpc) is 2.89. The van der Waals surface area contributed by atoms with Crippen LogP contribution in [-0.4, -0.2) is 40.5 Å². The van der Waals surface area contributed by atoms with Crippen molar-refractivity contribution in [1.82, 2.24) is 15.5 Å². The van der Waals surface area contributed by atoms with E-state index >= 15 is 0 Å². The lowest BCUT2D eigenvalue weighted by Gasteiger charge is -2.20. The van der Waals surface area contributed by atoms with Crippen LogP contribution in [0.25, 0.3) is 0 Å². The summed E-state index contributed by atoms with van der Waals surface area (Å²) < 4.78 is 5.41. The Hall–Kier alpha value is -0.200. The van der Waals surface area contributed by atoms with Gasteiger partial charge >= 0.3 is 0 Å². The van der Waals surface area contributed by atoms with E-state index in [-0.39, 0.29) is 0 Å². The van der Waals surface area contributed by atoms with Crippen LogP contribution in [0, 0.1) is 5.92 Å². The molecule has 2 aliphatic heterocycles. The molecule has 0 aromatic carbocycles. The Bertz CT molecular complexity index is 373. The number of nitrogens with one attached hydrogen (secondary N) is 1. The van der Waals surface area contributed by atoms with E-state index in [1.54, 1.807) is 0 Å². The largest absolute Gasteiger partial charge is 0.339 e. The van der Waals surface area contributed by atoms with Crippen molar-refractivity contribution < 1.29 is 4.52 Å². The molecule has 0 saturated carbocycles. The van der Waals surface area contributed by atoms with Gasteiger partial charge < -0.3 is 9.84 Å². The van der Waals surface area contributed by atoms with E-state index in [1.807, 2.05) is 23.5 Å². The van der Waals surface area contributed by atoms with Gasteiger partial charge in [0, 0.05) is 23.7 Å². The van der Waals surface area contributed by atoms with E-state index in [2.05, 4.69) is 15.5 Å². The Labute approximate surface area is 116 Å². The lowest BCUT2D eigenvalue weighted by atomic mass is 9.96. The number of rotatable bonds is 3. The maximum Gasteiger partial charge on any atom is 0.227 e. The average molecular weight is 285 g/mol. The van der Waals surface area contributed by atoms with Gasteiger partial charge in [-0.15, -0.1) is 11.8 Å². The van der Waals surface area contributed by atoms with Crippen LogP contribution in [0.2, 0.25) is 0 Å². The fourth-order valence-corrected chi connectivity index (χ4v) is 5.05. The lowest BCUT2D eigenvalue weighted by Crippen LogP contribution is -2.30. The molecule has 0 bridgehead atoms. The molecule has 1 N–H and O–H groups in total. The minimum Gasteiger partial charge on any atom is -0.339 e. The molecule has 2 atom stereocenters. The first kappa shape index (κ1) is 12.8. The molecule has 3 heterocycles. The Kier molecular flexibility index (Phi) is 4.49. The van der Waals surface area contributed by atoms with Crippen molar-refractivity contribution in [2.75, 3.05) is 30.3 Å². The molecule has 0 amide bonds. The summed E-state index contributed by atoms with van der Waals surface area (Å²) in [6, 6.07) is 0. The van der Waals surface area contributed by atoms with Gasteiger partial charge in [0.2, 0.25) is 5.89 Å². The van der Waals surface area contributed by atoms with Crippen LogP contribution in [0.4, 0.5) is 0 Å². The van der Waals surface area contributed by atoms with Gasteiger partial charge in [0.05, 0.1) is 5.25 Å². The smallest absolute Gasteiger partial charge is 0.227 e. The Morgan fingerprint density at radius 2 is 2.39 bits per heavy atom. The molecule has 0 aliphatic carbocycles. The maximum atomic E-state index is 5.41. The van der Waals surface area contributed by atoms with Gasteiger partial charge in [-0.25, -0.2) is 0 Å². The molecule has 6 heteroatoms. The summed E-state index contributed by atoms with van der Waals surface area (Å²) in [5.41, 5.74) is 0. The van der Waals surface area contributed by atoms with E-state index in [0.717, 1.165) is 37.0 Å². The van der Waals surface area contributed by atoms with Crippen LogP contribution in [0.5, 0.6) is 0 Å². The van der Waals surface area contributed by atoms with Gasteiger partial charge in [-0.05, 0) is 31.8 Å². The zero-order valence-electron chi connectivity index (χ0n) is 10.4. The predicted octanol–water partition coefficient (Wildman–Crippen LogP) is 2.13. The number of aromatic nitrogens is 2. The highest BCUT2D eigenvalue weighted by Crippen LogP contribution is 2.35. The standard InChI is InChI=1S/C12H19N3OS2/c1-2-9(7-13-3-1)6-11-14-12(15-16-11)10-8-17-4-5-18-10/h9-10,13H,1-8H2. The minimum absolute atomic E-state index is 0.436. The zero-order valence-corrected chi connectivity index (χ0v) is 12.1. The first-order valence-corrected chi connectivity index (χ1v) is 8.85. The summed E-state index contributed by atoms with van der Waals surface area (Å²) >= 11 is 3.95. The van der Waals surface area contributed by atoms with Gasteiger partial charge in [0.25, 0.3) is 0 Å². The second kappa shape index (κ2) is 6.30. The van der Waals surface area contributed by atoms with Crippen molar-refractivity contribution in [3.63, 3.8) is 0 Å². The van der Waals surface area contributed by atoms with Crippen molar-refractivity contribution in [2.45, 2.75) is 24.5 Å². The minimum atomic E-state index is 0.436. The number of thioether (sulfide) groups is 2. The molecule has 0 radical (unpaired) electrons. The molecule has 100 valence electrons. The Morgan fingerprint density at radius 3 is 3.17 bits per heavy atom. The predicted molar refractivity (Wildman–Crippen MR) is 76.1 cm³/mol. The van der Waals surface area contributed by atoms with Crippen LogP contribution in [-0.2, 0) is 6.42 Å². The SMILES string of the molecule is C1CNCC(Cc2nc(C3CSCCS3)no2)C1. The Morgan fingerprint density at radius 1 is 1.39 bits per heavy atom. The highest BCUT2D eigenvalue weighted by molar-refractivity contribution is 8.06. The van der Waals surface area contributed by atoms with Gasteiger partial charge in [0.15, 0.2) is 5.82 Å². The van der Waals surface area contributed by atoms with Crippen LogP contribution < -0.4 is 5.32 Å². The number of hydrogen-bond acceptors (Lipinski definition) is 6. The van der Waals surface area contributed by atoms with Gasteiger partial charge in [-0.3, -0.25) is 0 Å². The van der Waals surface area contributed by atoms with Crippen molar-refractivity contribution in [3.8, 4) is 0 Å².